The Hall–Kier alpha value is -2.48. The zero-order valence-corrected chi connectivity index (χ0v) is 15.5. The van der Waals surface area contributed by atoms with Crippen LogP contribution < -0.4 is 15.0 Å². The van der Waals surface area contributed by atoms with Crippen LogP contribution in [0.15, 0.2) is 24.3 Å². The zero-order valence-electron chi connectivity index (χ0n) is 14.7. The third kappa shape index (κ3) is 2.84. The number of nitrogens with zero attached hydrogens (tertiary/aromatic N) is 3. The topological polar surface area (TPSA) is 76.5 Å². The van der Waals surface area contributed by atoms with Crippen molar-refractivity contribution in [2.75, 3.05) is 23.9 Å². The van der Waals surface area contributed by atoms with Crippen LogP contribution in [0.25, 0.3) is 0 Å². The van der Waals surface area contributed by atoms with Crippen molar-refractivity contribution >= 4 is 35.1 Å². The Morgan fingerprint density at radius 2 is 2.15 bits per heavy atom. The van der Waals surface area contributed by atoms with Gasteiger partial charge in [0.25, 0.3) is 0 Å². The fraction of sp³-hybridized carbons (Fsp3) is 0.389. The fourth-order valence-electron chi connectivity index (χ4n) is 3.48. The molecule has 3 heterocycles. The largest absolute Gasteiger partial charge is 0.495 e. The number of benzene rings is 1. The summed E-state index contributed by atoms with van der Waals surface area (Å²) in [7, 11) is 3.41. The molecule has 2 aromatic rings. The van der Waals surface area contributed by atoms with E-state index >= 15 is 0 Å². The molecule has 0 bridgehead atoms. The molecular weight excluding hydrogens is 352 g/mol. The number of hydrogen-bond acceptors (Lipinski definition) is 5. The van der Waals surface area contributed by atoms with E-state index in [1.54, 1.807) is 28.5 Å². The van der Waals surface area contributed by atoms with Gasteiger partial charge in [-0.2, -0.15) is 16.9 Å². The highest BCUT2D eigenvalue weighted by Gasteiger charge is 2.37. The predicted molar refractivity (Wildman–Crippen MR) is 100 cm³/mol. The second-order valence-corrected chi connectivity index (χ2v) is 7.44. The van der Waals surface area contributed by atoms with Crippen LogP contribution in [0, 0.1) is 5.92 Å². The Kier molecular flexibility index (Phi) is 4.36. The number of para-hydroxylation sites is 2. The van der Waals surface area contributed by atoms with Crippen molar-refractivity contribution in [3.05, 3.63) is 35.5 Å². The van der Waals surface area contributed by atoms with Crippen LogP contribution in [-0.2, 0) is 28.1 Å². The maximum Gasteiger partial charge on any atom is 0.230 e. The second-order valence-electron chi connectivity index (χ2n) is 6.46. The van der Waals surface area contributed by atoms with Crippen molar-refractivity contribution in [2.45, 2.75) is 17.9 Å². The first-order valence-electron chi connectivity index (χ1n) is 8.45. The summed E-state index contributed by atoms with van der Waals surface area (Å²) in [5.41, 5.74) is 2.83. The molecule has 1 fully saturated rings. The average molecular weight is 372 g/mol. The van der Waals surface area contributed by atoms with Gasteiger partial charge in [0, 0.05) is 37.1 Å². The van der Waals surface area contributed by atoms with Crippen molar-refractivity contribution in [1.82, 2.24) is 9.78 Å². The van der Waals surface area contributed by atoms with Gasteiger partial charge >= 0.3 is 0 Å². The van der Waals surface area contributed by atoms with E-state index in [9.17, 15) is 9.59 Å². The quantitative estimate of drug-likeness (QED) is 0.890. The van der Waals surface area contributed by atoms with Gasteiger partial charge in [-0.1, -0.05) is 12.1 Å². The minimum Gasteiger partial charge on any atom is -0.495 e. The number of ether oxygens (including phenoxy) is 1. The molecule has 1 aromatic carbocycles. The third-order valence-corrected chi connectivity index (χ3v) is 5.80. The number of aryl methyl sites for hydroxylation is 1. The molecule has 0 saturated carbocycles. The lowest BCUT2D eigenvalue weighted by Crippen LogP contribution is -2.29. The number of rotatable bonds is 4. The van der Waals surface area contributed by atoms with Crippen LogP contribution in [-0.4, -0.2) is 35.2 Å². The molecule has 1 saturated heterocycles. The van der Waals surface area contributed by atoms with Crippen LogP contribution in [0.4, 0.5) is 11.5 Å². The van der Waals surface area contributed by atoms with E-state index in [1.807, 2.05) is 31.3 Å². The summed E-state index contributed by atoms with van der Waals surface area (Å²) >= 11 is 1.79. The Labute approximate surface area is 155 Å². The van der Waals surface area contributed by atoms with Gasteiger partial charge in [0.15, 0.2) is 0 Å². The van der Waals surface area contributed by atoms with Crippen molar-refractivity contribution in [1.29, 1.82) is 0 Å². The molecule has 2 aliphatic rings. The number of methoxy groups -OCH3 is 1. The monoisotopic (exact) mass is 372 g/mol. The number of anilines is 2. The highest BCUT2D eigenvalue weighted by atomic mass is 32.2. The van der Waals surface area contributed by atoms with Crippen LogP contribution in [0.1, 0.15) is 17.7 Å². The molecule has 0 radical (unpaired) electrons. The highest BCUT2D eigenvalue weighted by molar-refractivity contribution is 7.98. The highest BCUT2D eigenvalue weighted by Crippen LogP contribution is 2.36. The maximum atomic E-state index is 12.8. The summed E-state index contributed by atoms with van der Waals surface area (Å²) in [5, 5.41) is 7.45. The number of nitrogens with one attached hydrogen (secondary N) is 1. The molecule has 0 spiro atoms. The molecule has 1 atom stereocenters. The first-order chi connectivity index (χ1) is 12.6. The first kappa shape index (κ1) is 17.0. The number of carbonyl (C=O) groups excluding carboxylic acids is 2. The van der Waals surface area contributed by atoms with Crippen LogP contribution in [0.2, 0.25) is 0 Å². The van der Waals surface area contributed by atoms with E-state index in [1.165, 1.54) is 0 Å². The van der Waals surface area contributed by atoms with Crippen molar-refractivity contribution < 1.29 is 14.3 Å². The molecule has 2 aliphatic heterocycles. The van der Waals surface area contributed by atoms with Gasteiger partial charge in [-0.15, -0.1) is 0 Å². The lowest BCUT2D eigenvalue weighted by atomic mass is 10.1. The third-order valence-electron chi connectivity index (χ3n) is 4.83. The minimum absolute atomic E-state index is 0.0690. The summed E-state index contributed by atoms with van der Waals surface area (Å²) in [6.45, 7) is 0.347. The smallest absolute Gasteiger partial charge is 0.230 e. The fourth-order valence-corrected chi connectivity index (χ4v) is 4.52. The van der Waals surface area contributed by atoms with Crippen molar-refractivity contribution in [3.63, 3.8) is 0 Å². The summed E-state index contributed by atoms with van der Waals surface area (Å²) < 4.78 is 7.06. The Morgan fingerprint density at radius 1 is 1.35 bits per heavy atom. The predicted octanol–water partition coefficient (Wildman–Crippen LogP) is 2.17. The van der Waals surface area contributed by atoms with E-state index in [2.05, 4.69) is 10.4 Å². The normalized spacial score (nSPS) is 18.9. The first-order valence-corrected chi connectivity index (χ1v) is 9.60. The molecule has 1 aromatic heterocycles. The summed E-state index contributed by atoms with van der Waals surface area (Å²) in [5.74, 6) is 2.51. The van der Waals surface area contributed by atoms with Gasteiger partial charge < -0.3 is 15.0 Å². The molecule has 7 nitrogen and oxygen atoms in total. The molecule has 1 N–H and O–H groups in total. The maximum absolute atomic E-state index is 12.8. The van der Waals surface area contributed by atoms with Gasteiger partial charge in [-0.3, -0.25) is 14.3 Å². The lowest BCUT2D eigenvalue weighted by Gasteiger charge is -2.19. The van der Waals surface area contributed by atoms with Crippen LogP contribution in [0.5, 0.6) is 5.75 Å². The molecular formula is C18H20N4O3S. The number of thioether (sulfide) groups is 1. The van der Waals surface area contributed by atoms with Crippen LogP contribution >= 0.6 is 11.8 Å². The molecule has 136 valence electrons. The summed E-state index contributed by atoms with van der Waals surface area (Å²) in [4.78, 5) is 26.9. The summed E-state index contributed by atoms with van der Waals surface area (Å²) in [6, 6.07) is 7.36. The molecule has 4 rings (SSSR count). The Balaban J connectivity index is 1.51. The van der Waals surface area contributed by atoms with Crippen molar-refractivity contribution in [3.8, 4) is 5.75 Å². The SMILES string of the molecule is COc1ccccc1N1C[C@@H](C(=O)Nc2c3c(nn2C)CSC3)CC1=O. The van der Waals surface area contributed by atoms with E-state index in [-0.39, 0.29) is 18.2 Å². The van der Waals surface area contributed by atoms with E-state index < -0.39 is 5.92 Å². The molecule has 0 aliphatic carbocycles. The Bertz CT molecular complexity index is 879. The average Bonchev–Trinajstić information content (AvgIpc) is 3.32. The molecule has 8 heteroatoms. The van der Waals surface area contributed by atoms with Crippen molar-refractivity contribution in [2.24, 2.45) is 13.0 Å². The number of aromatic nitrogens is 2. The van der Waals surface area contributed by atoms with E-state index in [0.29, 0.717) is 18.0 Å². The lowest BCUT2D eigenvalue weighted by molar-refractivity contribution is -0.122. The molecule has 26 heavy (non-hydrogen) atoms. The summed E-state index contributed by atoms with van der Waals surface area (Å²) in [6.07, 6.45) is 0.193. The molecule has 2 amide bonds. The van der Waals surface area contributed by atoms with Crippen LogP contribution in [0.3, 0.4) is 0 Å². The van der Waals surface area contributed by atoms with Gasteiger partial charge in [0.2, 0.25) is 11.8 Å². The number of hydrogen-bond donors (Lipinski definition) is 1. The number of carbonyl (C=O) groups is 2. The second kappa shape index (κ2) is 6.68. The standard InChI is InChI=1S/C18H20N4O3S/c1-21-17(12-9-26-10-13(12)20-21)19-18(24)11-7-16(23)22(8-11)14-5-3-4-6-15(14)25-2/h3-6,11H,7-10H2,1-2H3,(H,19,24)/t11-/m0/s1. The van der Waals surface area contributed by atoms with Gasteiger partial charge in [0.05, 0.1) is 24.4 Å². The zero-order chi connectivity index (χ0) is 18.3. The minimum atomic E-state index is -0.396. The van der Waals surface area contributed by atoms with Gasteiger partial charge in [0.1, 0.15) is 11.6 Å². The van der Waals surface area contributed by atoms with E-state index in [0.717, 1.165) is 28.6 Å². The number of amides is 2. The van der Waals surface area contributed by atoms with Gasteiger partial charge in [-0.05, 0) is 12.1 Å². The van der Waals surface area contributed by atoms with Gasteiger partial charge in [-0.25, -0.2) is 0 Å². The number of fused-ring (bicyclic) bond motifs is 1. The molecule has 0 unspecified atom stereocenters. The van der Waals surface area contributed by atoms with E-state index in [4.69, 9.17) is 4.74 Å². The Morgan fingerprint density at radius 3 is 2.96 bits per heavy atom.